The van der Waals surface area contributed by atoms with Gasteiger partial charge in [0.25, 0.3) is 0 Å². The maximum absolute atomic E-state index is 3.46. The van der Waals surface area contributed by atoms with Crippen LogP contribution in [0.25, 0.3) is 0 Å². The van der Waals surface area contributed by atoms with Gasteiger partial charge in [-0.2, -0.15) is 0 Å². The molecule has 1 aromatic carbocycles. The first-order chi connectivity index (χ1) is 8.15. The lowest BCUT2D eigenvalue weighted by atomic mass is 10.1. The van der Waals surface area contributed by atoms with Crippen LogP contribution in [0.5, 0.6) is 0 Å². The van der Waals surface area contributed by atoms with Crippen molar-refractivity contribution in [1.82, 2.24) is 10.2 Å². The smallest absolute Gasteiger partial charge is 0.0233 e. The highest BCUT2D eigenvalue weighted by Gasteiger charge is 2.25. The summed E-state index contributed by atoms with van der Waals surface area (Å²) in [6, 6.07) is 10.3. The highest BCUT2D eigenvalue weighted by atomic mass is 15.1. The molecule has 0 spiro atoms. The molecule has 2 rings (SSSR count). The quantitative estimate of drug-likeness (QED) is 0.811. The fourth-order valence-corrected chi connectivity index (χ4v) is 2.09. The second-order valence-corrected chi connectivity index (χ2v) is 5.50. The Morgan fingerprint density at radius 2 is 2.00 bits per heavy atom. The molecule has 94 valence electrons. The van der Waals surface area contributed by atoms with Crippen molar-refractivity contribution in [1.29, 1.82) is 0 Å². The van der Waals surface area contributed by atoms with Gasteiger partial charge in [-0.25, -0.2) is 0 Å². The summed E-state index contributed by atoms with van der Waals surface area (Å²) in [6.45, 7) is 6.42. The van der Waals surface area contributed by atoms with Crippen molar-refractivity contribution in [2.75, 3.05) is 7.05 Å². The van der Waals surface area contributed by atoms with Crippen LogP contribution in [0.15, 0.2) is 24.3 Å². The van der Waals surface area contributed by atoms with Crippen molar-refractivity contribution in [2.24, 2.45) is 0 Å². The molecule has 0 heterocycles. The Kier molecular flexibility index (Phi) is 4.19. The lowest BCUT2D eigenvalue weighted by Crippen LogP contribution is -2.22. The van der Waals surface area contributed by atoms with E-state index >= 15 is 0 Å². The monoisotopic (exact) mass is 232 g/mol. The summed E-state index contributed by atoms with van der Waals surface area (Å²) in [6.07, 6.45) is 2.76. The lowest BCUT2D eigenvalue weighted by Gasteiger charge is -2.16. The highest BCUT2D eigenvalue weighted by Crippen LogP contribution is 2.26. The summed E-state index contributed by atoms with van der Waals surface area (Å²) in [5, 5.41) is 3.46. The van der Waals surface area contributed by atoms with Crippen LogP contribution in [0.3, 0.4) is 0 Å². The maximum atomic E-state index is 3.46. The van der Waals surface area contributed by atoms with Gasteiger partial charge in [-0.15, -0.1) is 0 Å². The highest BCUT2D eigenvalue weighted by molar-refractivity contribution is 5.23. The van der Waals surface area contributed by atoms with Crippen LogP contribution in [-0.2, 0) is 13.1 Å². The number of rotatable bonds is 6. The molecule has 0 aromatic heterocycles. The van der Waals surface area contributed by atoms with Gasteiger partial charge in [0.2, 0.25) is 0 Å². The molecule has 0 saturated heterocycles. The third-order valence-electron chi connectivity index (χ3n) is 3.31. The second-order valence-electron chi connectivity index (χ2n) is 5.50. The Balaban J connectivity index is 1.90. The van der Waals surface area contributed by atoms with Crippen molar-refractivity contribution in [3.05, 3.63) is 35.4 Å². The predicted molar refractivity (Wildman–Crippen MR) is 72.9 cm³/mol. The van der Waals surface area contributed by atoms with Crippen LogP contribution < -0.4 is 5.32 Å². The SMILES string of the molecule is CC(C)NCc1cccc(CN(C)C2CC2)c1. The fraction of sp³-hybridized carbons (Fsp3) is 0.600. The Morgan fingerprint density at radius 1 is 1.29 bits per heavy atom. The number of benzene rings is 1. The molecule has 0 bridgehead atoms. The number of hydrogen-bond donors (Lipinski definition) is 1. The van der Waals surface area contributed by atoms with Crippen molar-refractivity contribution < 1.29 is 0 Å². The van der Waals surface area contributed by atoms with E-state index in [9.17, 15) is 0 Å². The van der Waals surface area contributed by atoms with Gasteiger partial charge in [-0.05, 0) is 31.0 Å². The fourth-order valence-electron chi connectivity index (χ4n) is 2.09. The van der Waals surface area contributed by atoms with E-state index < -0.39 is 0 Å². The zero-order valence-electron chi connectivity index (χ0n) is 11.2. The molecule has 2 heteroatoms. The first-order valence-electron chi connectivity index (χ1n) is 6.66. The van der Waals surface area contributed by atoms with Crippen molar-refractivity contribution in [3.63, 3.8) is 0 Å². The van der Waals surface area contributed by atoms with E-state index in [0.29, 0.717) is 6.04 Å². The van der Waals surface area contributed by atoms with E-state index in [1.54, 1.807) is 0 Å². The van der Waals surface area contributed by atoms with Crippen LogP contribution in [0, 0.1) is 0 Å². The number of nitrogens with one attached hydrogen (secondary N) is 1. The Morgan fingerprint density at radius 3 is 2.65 bits per heavy atom. The molecule has 2 nitrogen and oxygen atoms in total. The van der Waals surface area contributed by atoms with E-state index in [1.807, 2.05) is 0 Å². The normalized spacial score (nSPS) is 15.8. The second kappa shape index (κ2) is 5.65. The lowest BCUT2D eigenvalue weighted by molar-refractivity contribution is 0.316. The van der Waals surface area contributed by atoms with E-state index in [-0.39, 0.29) is 0 Å². The molecule has 0 amide bonds. The Hall–Kier alpha value is -0.860. The first-order valence-corrected chi connectivity index (χ1v) is 6.66. The largest absolute Gasteiger partial charge is 0.310 e. The van der Waals surface area contributed by atoms with Gasteiger partial charge in [-0.1, -0.05) is 38.1 Å². The zero-order chi connectivity index (χ0) is 12.3. The molecular formula is C15H24N2. The summed E-state index contributed by atoms with van der Waals surface area (Å²) >= 11 is 0. The average Bonchev–Trinajstić information content (AvgIpc) is 3.10. The predicted octanol–water partition coefficient (Wildman–Crippen LogP) is 2.78. The van der Waals surface area contributed by atoms with Gasteiger partial charge in [0.1, 0.15) is 0 Å². The van der Waals surface area contributed by atoms with E-state index in [1.165, 1.54) is 24.0 Å². The summed E-state index contributed by atoms with van der Waals surface area (Å²) < 4.78 is 0. The van der Waals surface area contributed by atoms with Crippen LogP contribution >= 0.6 is 0 Å². The van der Waals surface area contributed by atoms with Crippen LogP contribution in [0.2, 0.25) is 0 Å². The molecule has 1 aliphatic carbocycles. The van der Waals surface area contributed by atoms with E-state index in [4.69, 9.17) is 0 Å². The molecule has 1 N–H and O–H groups in total. The maximum Gasteiger partial charge on any atom is 0.0233 e. The number of hydrogen-bond acceptors (Lipinski definition) is 2. The van der Waals surface area contributed by atoms with Crippen LogP contribution in [0.4, 0.5) is 0 Å². The molecular weight excluding hydrogens is 208 g/mol. The molecule has 17 heavy (non-hydrogen) atoms. The third kappa shape index (κ3) is 4.14. The molecule has 0 unspecified atom stereocenters. The van der Waals surface area contributed by atoms with Gasteiger partial charge in [0.05, 0.1) is 0 Å². The molecule has 1 fully saturated rings. The van der Waals surface area contributed by atoms with Gasteiger partial charge in [0.15, 0.2) is 0 Å². The standard InChI is InChI=1S/C15H24N2/c1-12(2)16-10-13-5-4-6-14(9-13)11-17(3)15-7-8-15/h4-6,9,12,15-16H,7-8,10-11H2,1-3H3. The van der Waals surface area contributed by atoms with Crippen molar-refractivity contribution >= 4 is 0 Å². The van der Waals surface area contributed by atoms with Crippen LogP contribution in [-0.4, -0.2) is 24.0 Å². The molecule has 0 atom stereocenters. The topological polar surface area (TPSA) is 15.3 Å². The van der Waals surface area contributed by atoms with Crippen molar-refractivity contribution in [2.45, 2.75) is 51.9 Å². The van der Waals surface area contributed by atoms with Gasteiger partial charge in [0, 0.05) is 25.2 Å². The Bertz CT molecular complexity index is 356. The molecule has 1 aromatic rings. The van der Waals surface area contributed by atoms with Gasteiger partial charge >= 0.3 is 0 Å². The molecule has 1 saturated carbocycles. The summed E-state index contributed by atoms with van der Waals surface area (Å²) in [7, 11) is 2.23. The first kappa shape index (κ1) is 12.6. The van der Waals surface area contributed by atoms with E-state index in [0.717, 1.165) is 19.1 Å². The van der Waals surface area contributed by atoms with Crippen molar-refractivity contribution in [3.8, 4) is 0 Å². The summed E-state index contributed by atoms with van der Waals surface area (Å²) in [4.78, 5) is 2.47. The van der Waals surface area contributed by atoms with Gasteiger partial charge in [-0.3, -0.25) is 4.90 Å². The minimum Gasteiger partial charge on any atom is -0.310 e. The van der Waals surface area contributed by atoms with Crippen LogP contribution in [0.1, 0.15) is 37.8 Å². The minimum atomic E-state index is 0.549. The molecule has 1 aliphatic rings. The third-order valence-corrected chi connectivity index (χ3v) is 3.31. The molecule has 0 aliphatic heterocycles. The number of nitrogens with zero attached hydrogens (tertiary/aromatic N) is 1. The van der Waals surface area contributed by atoms with Gasteiger partial charge < -0.3 is 5.32 Å². The van der Waals surface area contributed by atoms with E-state index in [2.05, 4.69) is 55.4 Å². The minimum absolute atomic E-state index is 0.549. The average molecular weight is 232 g/mol. The summed E-state index contributed by atoms with van der Waals surface area (Å²) in [5.41, 5.74) is 2.82. The Labute approximate surface area is 105 Å². The summed E-state index contributed by atoms with van der Waals surface area (Å²) in [5.74, 6) is 0. The molecule has 0 radical (unpaired) electrons. The zero-order valence-corrected chi connectivity index (χ0v) is 11.2.